The third-order valence-corrected chi connectivity index (χ3v) is 7.30. The first-order valence-electron chi connectivity index (χ1n) is 10.5. The molecule has 1 aliphatic rings. The Labute approximate surface area is 201 Å². The van der Waals surface area contributed by atoms with Crippen LogP contribution in [0.4, 0.5) is 14.5 Å². The highest BCUT2D eigenvalue weighted by Crippen LogP contribution is 2.30. The molecule has 4 rings (SSSR count). The van der Waals surface area contributed by atoms with Gasteiger partial charge in [-0.3, -0.25) is 9.79 Å². The van der Waals surface area contributed by atoms with Crippen molar-refractivity contribution in [2.75, 3.05) is 18.2 Å². The van der Waals surface area contributed by atoms with E-state index in [9.17, 15) is 22.0 Å². The second-order valence-corrected chi connectivity index (χ2v) is 9.98. The van der Waals surface area contributed by atoms with Crippen LogP contribution in [0.2, 0.25) is 0 Å². The molecule has 1 amide bonds. The van der Waals surface area contributed by atoms with Crippen molar-refractivity contribution in [1.29, 1.82) is 0 Å². The van der Waals surface area contributed by atoms with Gasteiger partial charge in [-0.05, 0) is 49.4 Å². The van der Waals surface area contributed by atoms with Crippen molar-refractivity contribution >= 4 is 27.3 Å². The molecule has 3 N–H and O–H groups in total. The van der Waals surface area contributed by atoms with Crippen LogP contribution in [0.3, 0.4) is 0 Å². The van der Waals surface area contributed by atoms with Crippen molar-refractivity contribution in [3.63, 3.8) is 0 Å². The average Bonchev–Trinajstić information content (AvgIpc) is 2.84. The summed E-state index contributed by atoms with van der Waals surface area (Å²) in [5.74, 6) is -1.23. The molecule has 0 saturated heterocycles. The van der Waals surface area contributed by atoms with Gasteiger partial charge >= 0.3 is 0 Å². The summed E-state index contributed by atoms with van der Waals surface area (Å²) in [6, 6.07) is 13.9. The van der Waals surface area contributed by atoms with E-state index in [1.165, 1.54) is 50.6 Å². The number of aliphatic imine (C=N–C) groups is 1. The Bertz CT molecular complexity index is 1320. The molecule has 2 aromatic carbocycles. The van der Waals surface area contributed by atoms with E-state index in [0.29, 0.717) is 5.75 Å². The molecule has 0 radical (unpaired) electrons. The van der Waals surface area contributed by atoms with Crippen molar-refractivity contribution in [1.82, 2.24) is 4.98 Å². The molecular weight excluding hydrogens is 478 g/mol. The second kappa shape index (κ2) is 11.0. The van der Waals surface area contributed by atoms with Crippen molar-refractivity contribution < 1.29 is 26.7 Å². The number of anilines is 1. The van der Waals surface area contributed by atoms with Crippen LogP contribution in [0.25, 0.3) is 0 Å². The third kappa shape index (κ3) is 6.60. The van der Waals surface area contributed by atoms with Crippen LogP contribution >= 0.6 is 0 Å². The minimum Gasteiger partial charge on any atom is -0.495 e. The average molecular weight is 503 g/mol. The molecule has 8 nitrogen and oxygen atoms in total. The SMILES string of the molecule is COc1ccc(C(=O)Nc2ccc(F)c(C3CS(=O)(=O)C(C)C(N)=N3)c2)nc1.Fc1ccccc1. The van der Waals surface area contributed by atoms with Gasteiger partial charge in [0.15, 0.2) is 9.84 Å². The number of hydrogen-bond acceptors (Lipinski definition) is 7. The van der Waals surface area contributed by atoms with E-state index >= 15 is 0 Å². The summed E-state index contributed by atoms with van der Waals surface area (Å²) in [6.45, 7) is 1.44. The Morgan fingerprint density at radius 3 is 2.37 bits per heavy atom. The van der Waals surface area contributed by atoms with Crippen LogP contribution in [0.1, 0.15) is 29.0 Å². The minimum absolute atomic E-state index is 0.0407. The number of carbonyl (C=O) groups is 1. The number of methoxy groups -OCH3 is 1. The minimum atomic E-state index is -3.54. The van der Waals surface area contributed by atoms with Crippen molar-refractivity contribution in [2.45, 2.75) is 18.2 Å². The molecule has 2 atom stereocenters. The molecule has 0 spiro atoms. The van der Waals surface area contributed by atoms with Gasteiger partial charge in [-0.25, -0.2) is 22.2 Å². The number of amides is 1. The van der Waals surface area contributed by atoms with Gasteiger partial charge < -0.3 is 15.8 Å². The number of halogens is 2. The maximum Gasteiger partial charge on any atom is 0.274 e. The third-order valence-electron chi connectivity index (χ3n) is 5.20. The van der Waals surface area contributed by atoms with Crippen molar-refractivity contribution in [2.24, 2.45) is 10.7 Å². The number of nitrogens with zero attached hydrogens (tertiary/aromatic N) is 2. The summed E-state index contributed by atoms with van der Waals surface area (Å²) in [5.41, 5.74) is 6.17. The van der Waals surface area contributed by atoms with Crippen molar-refractivity contribution in [3.8, 4) is 5.75 Å². The van der Waals surface area contributed by atoms with Gasteiger partial charge in [0.1, 0.15) is 34.2 Å². The number of nitrogens with two attached hydrogens (primary N) is 1. The normalized spacial score (nSPS) is 18.5. The number of ether oxygens (including phenoxy) is 1. The van der Waals surface area contributed by atoms with Gasteiger partial charge in [0.2, 0.25) is 0 Å². The molecule has 0 fully saturated rings. The largest absolute Gasteiger partial charge is 0.495 e. The summed E-state index contributed by atoms with van der Waals surface area (Å²) in [5, 5.41) is 1.70. The predicted octanol–water partition coefficient (Wildman–Crippen LogP) is 3.52. The smallest absolute Gasteiger partial charge is 0.274 e. The lowest BCUT2D eigenvalue weighted by atomic mass is 10.1. The Morgan fingerprint density at radius 1 is 1.11 bits per heavy atom. The summed E-state index contributed by atoms with van der Waals surface area (Å²) in [4.78, 5) is 20.4. The van der Waals surface area contributed by atoms with Gasteiger partial charge in [0.05, 0.1) is 25.1 Å². The molecule has 0 saturated carbocycles. The number of sulfone groups is 1. The van der Waals surface area contributed by atoms with E-state index in [4.69, 9.17) is 10.5 Å². The molecule has 2 heterocycles. The molecule has 1 aliphatic heterocycles. The topological polar surface area (TPSA) is 124 Å². The van der Waals surface area contributed by atoms with Crippen LogP contribution in [0.5, 0.6) is 5.75 Å². The van der Waals surface area contributed by atoms with Gasteiger partial charge in [0.25, 0.3) is 5.91 Å². The zero-order chi connectivity index (χ0) is 25.6. The maximum atomic E-state index is 14.3. The summed E-state index contributed by atoms with van der Waals surface area (Å²) < 4.78 is 55.7. The number of nitrogens with one attached hydrogen (secondary N) is 1. The highest BCUT2D eigenvalue weighted by Gasteiger charge is 2.34. The fraction of sp³-hybridized carbons (Fsp3) is 0.208. The van der Waals surface area contributed by atoms with Gasteiger partial charge in [0, 0.05) is 11.3 Å². The fourth-order valence-corrected chi connectivity index (χ4v) is 4.56. The second-order valence-electron chi connectivity index (χ2n) is 7.61. The number of carbonyl (C=O) groups excluding carboxylic acids is 1. The maximum absolute atomic E-state index is 14.3. The lowest BCUT2D eigenvalue weighted by Gasteiger charge is -2.24. The number of pyridine rings is 1. The van der Waals surface area contributed by atoms with Gasteiger partial charge in [-0.15, -0.1) is 0 Å². The molecule has 1 aromatic heterocycles. The standard InChI is InChI=1S/C18H19FN4O4S.C6H5F/c1-10-17(20)23-16(9-28(10,25)26)13-7-11(3-5-14(13)19)22-18(24)15-6-4-12(27-2)8-21-15;7-6-4-2-1-3-5-6/h3-8,10,16H,9H2,1-2H3,(H2,20,23)(H,22,24);1-5H. The monoisotopic (exact) mass is 502 g/mol. The number of hydrogen-bond donors (Lipinski definition) is 2. The first kappa shape index (κ1) is 25.8. The van der Waals surface area contributed by atoms with E-state index < -0.39 is 32.9 Å². The summed E-state index contributed by atoms with van der Waals surface area (Å²) in [7, 11) is -2.06. The quantitative estimate of drug-likeness (QED) is 0.563. The Hall–Kier alpha value is -3.86. The molecule has 11 heteroatoms. The number of benzene rings is 2. The molecule has 35 heavy (non-hydrogen) atoms. The molecule has 2 unspecified atom stereocenters. The van der Waals surface area contributed by atoms with E-state index in [1.807, 2.05) is 0 Å². The Morgan fingerprint density at radius 2 is 1.83 bits per heavy atom. The van der Waals surface area contributed by atoms with E-state index in [0.717, 1.165) is 6.07 Å². The fourth-order valence-electron chi connectivity index (χ4n) is 3.15. The molecule has 184 valence electrons. The highest BCUT2D eigenvalue weighted by molar-refractivity contribution is 7.92. The zero-order valence-electron chi connectivity index (χ0n) is 19.0. The van der Waals surface area contributed by atoms with Crippen LogP contribution in [0, 0.1) is 11.6 Å². The van der Waals surface area contributed by atoms with E-state index in [1.54, 1.807) is 24.3 Å². The van der Waals surface area contributed by atoms with Crippen LogP contribution in [0.15, 0.2) is 71.9 Å². The summed E-state index contributed by atoms with van der Waals surface area (Å²) >= 11 is 0. The van der Waals surface area contributed by atoms with E-state index in [2.05, 4.69) is 15.3 Å². The zero-order valence-corrected chi connectivity index (χ0v) is 19.8. The van der Waals surface area contributed by atoms with Crippen LogP contribution in [-0.2, 0) is 9.84 Å². The number of amidine groups is 1. The molecule has 3 aromatic rings. The van der Waals surface area contributed by atoms with Crippen LogP contribution < -0.4 is 15.8 Å². The molecule has 0 aliphatic carbocycles. The Balaban J connectivity index is 0.000000420. The predicted molar refractivity (Wildman–Crippen MR) is 129 cm³/mol. The van der Waals surface area contributed by atoms with Crippen LogP contribution in [-0.4, -0.2) is 43.3 Å². The number of aromatic nitrogens is 1. The lowest BCUT2D eigenvalue weighted by molar-refractivity contribution is 0.102. The Kier molecular flexibility index (Phi) is 8.13. The van der Waals surface area contributed by atoms with Gasteiger partial charge in [-0.1, -0.05) is 18.2 Å². The molecular formula is C24H24F2N4O4S. The first-order valence-corrected chi connectivity index (χ1v) is 12.2. The van der Waals surface area contributed by atoms with E-state index in [-0.39, 0.29) is 34.4 Å². The van der Waals surface area contributed by atoms with Gasteiger partial charge in [-0.2, -0.15) is 0 Å². The summed E-state index contributed by atoms with van der Waals surface area (Å²) in [6.07, 6.45) is 1.40. The number of rotatable bonds is 4. The first-order chi connectivity index (χ1) is 16.6. The highest BCUT2D eigenvalue weighted by atomic mass is 32.2. The lowest BCUT2D eigenvalue weighted by Crippen LogP contribution is -2.40. The van der Waals surface area contributed by atoms with Crippen molar-refractivity contribution in [3.05, 3.63) is 89.8 Å². The molecule has 0 bridgehead atoms.